The average Bonchev–Trinajstić information content (AvgIpc) is 2.61. The molecule has 25 heavy (non-hydrogen) atoms. The number of methoxy groups -OCH3 is 2. The average molecular weight is 370 g/mol. The van der Waals surface area contributed by atoms with Crippen LogP contribution < -0.4 is 9.47 Å². The van der Waals surface area contributed by atoms with Gasteiger partial charge in [-0.2, -0.15) is 4.31 Å². The molecule has 0 radical (unpaired) electrons. The fraction of sp³-hybridized carbons (Fsp3) is 0.588. The van der Waals surface area contributed by atoms with Crippen LogP contribution in [0.5, 0.6) is 11.5 Å². The number of hydrogen-bond acceptors (Lipinski definition) is 5. The molecule has 1 aliphatic heterocycles. The number of carbonyl (C=O) groups excluding carboxylic acids is 1. The first-order valence-corrected chi connectivity index (χ1v) is 9.98. The molecule has 0 saturated carbocycles. The summed E-state index contributed by atoms with van der Waals surface area (Å²) in [6, 6.07) is 5.40. The molecule has 1 fully saturated rings. The van der Waals surface area contributed by atoms with Crippen LogP contribution in [0.2, 0.25) is 0 Å². The molecule has 1 aromatic rings. The molecule has 0 aliphatic carbocycles. The molecule has 1 saturated heterocycles. The van der Waals surface area contributed by atoms with E-state index in [-0.39, 0.29) is 18.1 Å². The van der Waals surface area contributed by atoms with Gasteiger partial charge >= 0.3 is 0 Å². The summed E-state index contributed by atoms with van der Waals surface area (Å²) in [5, 5.41) is 0. The quantitative estimate of drug-likeness (QED) is 0.719. The maximum absolute atomic E-state index is 12.5. The molecule has 140 valence electrons. The van der Waals surface area contributed by atoms with Crippen molar-refractivity contribution < 1.29 is 22.7 Å². The Morgan fingerprint density at radius 1 is 1.08 bits per heavy atom. The van der Waals surface area contributed by atoms with Gasteiger partial charge in [0.25, 0.3) is 0 Å². The number of nitrogens with zero attached hydrogens (tertiary/aromatic N) is 2. The van der Waals surface area contributed by atoms with Crippen molar-refractivity contribution in [3.63, 3.8) is 0 Å². The van der Waals surface area contributed by atoms with Gasteiger partial charge in [0, 0.05) is 26.2 Å². The molecule has 1 aliphatic rings. The lowest BCUT2D eigenvalue weighted by Gasteiger charge is -2.34. The smallest absolute Gasteiger partial charge is 0.227 e. The van der Waals surface area contributed by atoms with Crippen LogP contribution in [-0.2, 0) is 21.2 Å². The molecule has 0 unspecified atom stereocenters. The van der Waals surface area contributed by atoms with Gasteiger partial charge in [-0.1, -0.05) is 13.0 Å². The molecule has 8 heteroatoms. The molecule has 0 bridgehead atoms. The van der Waals surface area contributed by atoms with E-state index in [4.69, 9.17) is 9.47 Å². The van der Waals surface area contributed by atoms with Crippen molar-refractivity contribution in [2.75, 3.05) is 46.2 Å². The lowest BCUT2D eigenvalue weighted by molar-refractivity contribution is -0.131. The summed E-state index contributed by atoms with van der Waals surface area (Å²) in [4.78, 5) is 14.2. The van der Waals surface area contributed by atoms with E-state index in [1.165, 1.54) is 4.31 Å². The Hall–Kier alpha value is -1.80. The van der Waals surface area contributed by atoms with Crippen LogP contribution in [0.1, 0.15) is 18.9 Å². The lowest BCUT2D eigenvalue weighted by atomic mass is 10.1. The van der Waals surface area contributed by atoms with Gasteiger partial charge < -0.3 is 14.4 Å². The van der Waals surface area contributed by atoms with Crippen LogP contribution >= 0.6 is 0 Å². The van der Waals surface area contributed by atoms with E-state index in [9.17, 15) is 13.2 Å². The zero-order valence-corrected chi connectivity index (χ0v) is 15.8. The monoisotopic (exact) mass is 370 g/mol. The van der Waals surface area contributed by atoms with E-state index in [1.54, 1.807) is 31.3 Å². The van der Waals surface area contributed by atoms with E-state index in [2.05, 4.69) is 0 Å². The predicted molar refractivity (Wildman–Crippen MR) is 95.5 cm³/mol. The number of sulfonamides is 1. The van der Waals surface area contributed by atoms with Crippen molar-refractivity contribution in [1.82, 2.24) is 9.21 Å². The summed E-state index contributed by atoms with van der Waals surface area (Å²) in [5.41, 5.74) is 0.837. The van der Waals surface area contributed by atoms with Gasteiger partial charge in [0.1, 0.15) is 0 Å². The molecular formula is C17H26N2O5S. The molecule has 0 spiro atoms. The molecular weight excluding hydrogens is 344 g/mol. The Morgan fingerprint density at radius 3 is 2.28 bits per heavy atom. The maximum atomic E-state index is 12.5. The number of ether oxygens (including phenoxy) is 2. The Morgan fingerprint density at radius 2 is 1.72 bits per heavy atom. The van der Waals surface area contributed by atoms with Crippen molar-refractivity contribution in [3.8, 4) is 11.5 Å². The van der Waals surface area contributed by atoms with Crippen molar-refractivity contribution in [1.29, 1.82) is 0 Å². The largest absolute Gasteiger partial charge is 0.493 e. The molecule has 7 nitrogen and oxygen atoms in total. The fourth-order valence-corrected chi connectivity index (χ4v) is 4.37. The highest BCUT2D eigenvalue weighted by Crippen LogP contribution is 2.27. The van der Waals surface area contributed by atoms with E-state index in [0.717, 1.165) is 5.56 Å². The molecule has 1 heterocycles. The minimum absolute atomic E-state index is 0.0141. The molecule has 0 atom stereocenters. The predicted octanol–water partition coefficient (Wildman–Crippen LogP) is 1.13. The molecule has 2 rings (SSSR count). The zero-order valence-electron chi connectivity index (χ0n) is 15.0. The Labute approximate surface area is 149 Å². The zero-order chi connectivity index (χ0) is 18.4. The Bertz CT molecular complexity index is 697. The second-order valence-electron chi connectivity index (χ2n) is 5.96. The van der Waals surface area contributed by atoms with Crippen LogP contribution in [0.4, 0.5) is 0 Å². The lowest BCUT2D eigenvalue weighted by Crippen LogP contribution is -2.51. The summed E-state index contributed by atoms with van der Waals surface area (Å²) < 4.78 is 36.1. The summed E-state index contributed by atoms with van der Waals surface area (Å²) in [7, 11) is -0.0740. The number of rotatable bonds is 7. The van der Waals surface area contributed by atoms with Crippen LogP contribution in [0.25, 0.3) is 0 Å². The Kier molecular flexibility index (Phi) is 6.66. The number of piperazine rings is 1. The van der Waals surface area contributed by atoms with E-state index >= 15 is 0 Å². The number of benzene rings is 1. The summed E-state index contributed by atoms with van der Waals surface area (Å²) >= 11 is 0. The van der Waals surface area contributed by atoms with Crippen LogP contribution in [0.15, 0.2) is 18.2 Å². The molecule has 1 amide bonds. The number of amides is 1. The van der Waals surface area contributed by atoms with Gasteiger partial charge in [-0.25, -0.2) is 8.42 Å². The van der Waals surface area contributed by atoms with Crippen molar-refractivity contribution in [2.24, 2.45) is 0 Å². The minimum Gasteiger partial charge on any atom is -0.493 e. The van der Waals surface area contributed by atoms with Gasteiger partial charge in [-0.15, -0.1) is 0 Å². The standard InChI is InChI=1S/C17H26N2O5S/c1-4-11-25(21,22)19-9-7-18(8-10-19)17(20)13-14-5-6-15(23-2)16(12-14)24-3/h5-6,12H,4,7-11,13H2,1-3H3. The fourth-order valence-electron chi connectivity index (χ4n) is 2.88. The van der Waals surface area contributed by atoms with Crippen molar-refractivity contribution >= 4 is 15.9 Å². The van der Waals surface area contributed by atoms with E-state index < -0.39 is 10.0 Å². The molecule has 1 aromatic carbocycles. The minimum atomic E-state index is -3.19. The van der Waals surface area contributed by atoms with Gasteiger partial charge in [-0.3, -0.25) is 4.79 Å². The Balaban J connectivity index is 1.95. The molecule has 0 aromatic heterocycles. The van der Waals surface area contributed by atoms with Crippen molar-refractivity contribution in [3.05, 3.63) is 23.8 Å². The topological polar surface area (TPSA) is 76.2 Å². The third-order valence-electron chi connectivity index (χ3n) is 4.25. The number of carbonyl (C=O) groups is 1. The van der Waals surface area contributed by atoms with Crippen LogP contribution in [0.3, 0.4) is 0 Å². The SMILES string of the molecule is CCCS(=O)(=O)N1CCN(C(=O)Cc2ccc(OC)c(OC)c2)CC1. The van der Waals surface area contributed by atoms with Crippen molar-refractivity contribution in [2.45, 2.75) is 19.8 Å². The van der Waals surface area contributed by atoms with Gasteiger partial charge in [0.05, 0.1) is 26.4 Å². The second kappa shape index (κ2) is 8.53. The third kappa shape index (κ3) is 4.85. The summed E-state index contributed by atoms with van der Waals surface area (Å²) in [6.07, 6.45) is 0.850. The highest BCUT2D eigenvalue weighted by Gasteiger charge is 2.28. The second-order valence-corrected chi connectivity index (χ2v) is 8.05. The first kappa shape index (κ1) is 19.5. The molecule has 0 N–H and O–H groups in total. The summed E-state index contributed by atoms with van der Waals surface area (Å²) in [6.45, 7) is 3.42. The first-order valence-electron chi connectivity index (χ1n) is 8.37. The first-order chi connectivity index (χ1) is 11.9. The normalized spacial score (nSPS) is 15.9. The van der Waals surface area contributed by atoms with Crippen LogP contribution in [-0.4, -0.2) is 69.7 Å². The maximum Gasteiger partial charge on any atom is 0.227 e. The van der Waals surface area contributed by atoms with Crippen LogP contribution in [0, 0.1) is 0 Å². The van der Waals surface area contributed by atoms with E-state index in [0.29, 0.717) is 44.1 Å². The van der Waals surface area contributed by atoms with Gasteiger partial charge in [0.2, 0.25) is 15.9 Å². The third-order valence-corrected chi connectivity index (χ3v) is 6.33. The van der Waals surface area contributed by atoms with Gasteiger partial charge in [0.15, 0.2) is 11.5 Å². The highest BCUT2D eigenvalue weighted by atomic mass is 32.2. The number of hydrogen-bond donors (Lipinski definition) is 0. The van der Waals surface area contributed by atoms with E-state index in [1.807, 2.05) is 13.0 Å². The summed E-state index contributed by atoms with van der Waals surface area (Å²) in [5.74, 6) is 1.35. The van der Waals surface area contributed by atoms with Gasteiger partial charge in [-0.05, 0) is 24.1 Å². The highest BCUT2D eigenvalue weighted by molar-refractivity contribution is 7.89.